The molecule has 0 aliphatic rings. The Balaban J connectivity index is 2.24. The van der Waals surface area contributed by atoms with E-state index in [1.54, 1.807) is 7.11 Å². The molecule has 0 aliphatic heterocycles. The number of esters is 1. The second-order valence-corrected chi connectivity index (χ2v) is 8.96. The number of ether oxygens (including phenoxy) is 1. The van der Waals surface area contributed by atoms with Crippen molar-refractivity contribution in [2.24, 2.45) is 0 Å². The van der Waals surface area contributed by atoms with Crippen molar-refractivity contribution in [3.8, 4) is 0 Å². The van der Waals surface area contributed by atoms with Gasteiger partial charge in [0.1, 0.15) is 0 Å². The molecule has 0 unspecified atom stereocenters. The molecule has 120 valence electrons. The lowest BCUT2D eigenvalue weighted by molar-refractivity contribution is -0.137. The molecule has 0 amide bonds. The molecule has 0 fully saturated rings. The third-order valence-corrected chi connectivity index (χ3v) is 8.20. The van der Waals surface area contributed by atoms with Gasteiger partial charge < -0.3 is 9.16 Å². The summed E-state index contributed by atoms with van der Waals surface area (Å²) in [6.07, 6.45) is 1.94. The maximum Gasteiger partial charge on any atom is 0.330 e. The van der Waals surface area contributed by atoms with Crippen LogP contribution in [-0.4, -0.2) is 28.0 Å². The zero-order valence-corrected chi connectivity index (χ0v) is 14.4. The molecular formula is C19H22O3Si. The first-order valence-corrected chi connectivity index (χ1v) is 9.80. The van der Waals surface area contributed by atoms with Crippen molar-refractivity contribution in [3.63, 3.8) is 0 Å². The number of hydrogen-bond donors (Lipinski definition) is 0. The van der Waals surface area contributed by atoms with E-state index >= 15 is 0 Å². The fourth-order valence-corrected chi connectivity index (χ4v) is 6.45. The van der Waals surface area contributed by atoms with E-state index in [0.717, 1.165) is 12.5 Å². The van der Waals surface area contributed by atoms with Crippen molar-refractivity contribution in [2.75, 3.05) is 13.7 Å². The molecule has 0 aromatic heterocycles. The quantitative estimate of drug-likeness (QED) is 0.324. The van der Waals surface area contributed by atoms with Crippen LogP contribution in [0.3, 0.4) is 0 Å². The number of rotatable bonds is 8. The van der Waals surface area contributed by atoms with Crippen LogP contribution in [0, 0.1) is 0 Å². The molecule has 0 saturated heterocycles. The molecule has 4 heteroatoms. The Bertz CT molecular complexity index is 586. The molecule has 0 heterocycles. The lowest BCUT2D eigenvalue weighted by Crippen LogP contribution is -2.60. The van der Waals surface area contributed by atoms with E-state index < -0.39 is 8.32 Å². The Morgan fingerprint density at radius 1 is 1.04 bits per heavy atom. The number of carbonyl (C=O) groups is 1. The van der Waals surface area contributed by atoms with E-state index in [4.69, 9.17) is 9.16 Å². The third kappa shape index (κ3) is 4.18. The molecule has 0 N–H and O–H groups in total. The molecule has 0 saturated carbocycles. The monoisotopic (exact) mass is 326 g/mol. The summed E-state index contributed by atoms with van der Waals surface area (Å²) in [6.45, 7) is 3.79. The Kier molecular flexibility index (Phi) is 6.32. The van der Waals surface area contributed by atoms with Gasteiger partial charge in [-0.2, -0.15) is 0 Å². The van der Waals surface area contributed by atoms with Crippen molar-refractivity contribution in [2.45, 2.75) is 12.5 Å². The minimum Gasteiger partial charge on any atom is -0.463 e. The van der Waals surface area contributed by atoms with Gasteiger partial charge in [-0.15, -0.1) is 0 Å². The molecule has 0 radical (unpaired) electrons. The van der Waals surface area contributed by atoms with Crippen molar-refractivity contribution in [1.29, 1.82) is 0 Å². The predicted octanol–water partition coefficient (Wildman–Crippen LogP) is 2.51. The largest absolute Gasteiger partial charge is 0.463 e. The van der Waals surface area contributed by atoms with Gasteiger partial charge in [0.25, 0.3) is 8.32 Å². The summed E-state index contributed by atoms with van der Waals surface area (Å²) in [6, 6.07) is 21.5. The highest BCUT2D eigenvalue weighted by molar-refractivity contribution is 6.97. The van der Waals surface area contributed by atoms with Gasteiger partial charge in [-0.1, -0.05) is 67.2 Å². The van der Waals surface area contributed by atoms with Crippen LogP contribution in [0.1, 0.15) is 6.42 Å². The highest BCUT2D eigenvalue weighted by Gasteiger charge is 2.37. The van der Waals surface area contributed by atoms with Gasteiger partial charge in [0.05, 0.1) is 6.61 Å². The van der Waals surface area contributed by atoms with Crippen LogP contribution in [0.5, 0.6) is 0 Å². The van der Waals surface area contributed by atoms with Crippen LogP contribution in [0.25, 0.3) is 0 Å². The van der Waals surface area contributed by atoms with Crippen LogP contribution >= 0.6 is 0 Å². The SMILES string of the molecule is C=CC(=O)OCCC[Si](OC)(c1ccccc1)c1ccccc1. The van der Waals surface area contributed by atoms with Crippen LogP contribution < -0.4 is 10.4 Å². The van der Waals surface area contributed by atoms with Crippen molar-refractivity contribution in [1.82, 2.24) is 0 Å². The van der Waals surface area contributed by atoms with E-state index in [2.05, 4.69) is 30.8 Å². The Hall–Kier alpha value is -2.17. The van der Waals surface area contributed by atoms with Gasteiger partial charge in [0.2, 0.25) is 0 Å². The van der Waals surface area contributed by atoms with E-state index in [1.165, 1.54) is 16.4 Å². The van der Waals surface area contributed by atoms with E-state index in [1.807, 2.05) is 36.4 Å². The van der Waals surface area contributed by atoms with Gasteiger partial charge in [0.15, 0.2) is 0 Å². The zero-order valence-electron chi connectivity index (χ0n) is 13.4. The van der Waals surface area contributed by atoms with Crippen molar-refractivity contribution in [3.05, 3.63) is 73.3 Å². The second kappa shape index (κ2) is 8.46. The first-order chi connectivity index (χ1) is 11.2. The average Bonchev–Trinajstić information content (AvgIpc) is 2.63. The normalized spacial score (nSPS) is 11.0. The van der Waals surface area contributed by atoms with Gasteiger partial charge in [0, 0.05) is 13.2 Å². The summed E-state index contributed by atoms with van der Waals surface area (Å²) >= 11 is 0. The minimum absolute atomic E-state index is 0.378. The van der Waals surface area contributed by atoms with E-state index in [9.17, 15) is 4.79 Å². The lowest BCUT2D eigenvalue weighted by Gasteiger charge is -2.30. The predicted molar refractivity (Wildman–Crippen MR) is 95.5 cm³/mol. The van der Waals surface area contributed by atoms with Crippen molar-refractivity contribution < 1.29 is 14.0 Å². The second-order valence-electron chi connectivity index (χ2n) is 5.24. The Labute approximate surface area is 138 Å². The van der Waals surface area contributed by atoms with Gasteiger partial charge in [-0.3, -0.25) is 0 Å². The molecule has 2 rings (SSSR count). The van der Waals surface area contributed by atoms with Gasteiger partial charge in [-0.05, 0) is 22.8 Å². The summed E-state index contributed by atoms with van der Waals surface area (Å²) in [4.78, 5) is 11.2. The number of benzene rings is 2. The number of carbonyl (C=O) groups excluding carboxylic acids is 1. The Morgan fingerprint density at radius 3 is 2.00 bits per heavy atom. The molecule has 2 aromatic rings. The van der Waals surface area contributed by atoms with Gasteiger partial charge >= 0.3 is 5.97 Å². The van der Waals surface area contributed by atoms with Crippen LogP contribution in [0.2, 0.25) is 6.04 Å². The number of hydrogen-bond acceptors (Lipinski definition) is 3. The summed E-state index contributed by atoms with van der Waals surface area (Å²) in [5.41, 5.74) is 0. The van der Waals surface area contributed by atoms with Gasteiger partial charge in [-0.25, -0.2) is 4.79 Å². The maximum absolute atomic E-state index is 11.2. The molecule has 0 spiro atoms. The van der Waals surface area contributed by atoms with Crippen LogP contribution in [0.15, 0.2) is 73.3 Å². The molecule has 0 bridgehead atoms. The molecule has 0 atom stereocenters. The van der Waals surface area contributed by atoms with Crippen molar-refractivity contribution >= 4 is 24.7 Å². The Morgan fingerprint density at radius 2 is 1.57 bits per heavy atom. The summed E-state index contributed by atoms with van der Waals surface area (Å²) in [7, 11) is -0.541. The fraction of sp³-hybridized carbons (Fsp3) is 0.211. The molecule has 0 aliphatic carbocycles. The first-order valence-electron chi connectivity index (χ1n) is 7.68. The topological polar surface area (TPSA) is 35.5 Å². The smallest absolute Gasteiger partial charge is 0.330 e. The van der Waals surface area contributed by atoms with E-state index in [-0.39, 0.29) is 5.97 Å². The first kappa shape index (κ1) is 17.2. The fourth-order valence-electron chi connectivity index (χ4n) is 2.76. The van der Waals surface area contributed by atoms with Crippen LogP contribution in [-0.2, 0) is 14.0 Å². The van der Waals surface area contributed by atoms with E-state index in [0.29, 0.717) is 6.61 Å². The zero-order chi connectivity index (χ0) is 16.5. The molecule has 3 nitrogen and oxygen atoms in total. The lowest BCUT2D eigenvalue weighted by atomic mass is 10.4. The summed E-state index contributed by atoms with van der Waals surface area (Å²) < 4.78 is 11.2. The standard InChI is InChI=1S/C19H22O3Si/c1-3-19(20)22-15-10-16-23(21-2,17-11-6-4-7-12-17)18-13-8-5-9-14-18/h3-9,11-14H,1,10,15-16H2,2H3. The molecular weight excluding hydrogens is 304 g/mol. The molecule has 2 aromatic carbocycles. The minimum atomic E-state index is -2.32. The average molecular weight is 326 g/mol. The third-order valence-electron chi connectivity index (χ3n) is 3.91. The summed E-state index contributed by atoms with van der Waals surface area (Å²) in [5, 5.41) is 2.45. The molecule has 23 heavy (non-hydrogen) atoms. The highest BCUT2D eigenvalue weighted by Crippen LogP contribution is 2.15. The summed E-state index contributed by atoms with van der Waals surface area (Å²) in [5.74, 6) is -0.380. The maximum atomic E-state index is 11.2. The van der Waals surface area contributed by atoms with Crippen LogP contribution in [0.4, 0.5) is 0 Å². The highest BCUT2D eigenvalue weighted by atomic mass is 28.4.